The SMILES string of the molecule is CC(Cl)C(=O)N(C)Cc1cccc(NC(=O)c2cc(Br)c[nH]2)c1. The van der Waals surface area contributed by atoms with Crippen molar-refractivity contribution < 1.29 is 9.59 Å². The van der Waals surface area contributed by atoms with E-state index in [9.17, 15) is 9.59 Å². The lowest BCUT2D eigenvalue weighted by Gasteiger charge is -2.19. The van der Waals surface area contributed by atoms with Crippen molar-refractivity contribution in [2.45, 2.75) is 18.8 Å². The van der Waals surface area contributed by atoms with Crippen LogP contribution in [0.2, 0.25) is 0 Å². The van der Waals surface area contributed by atoms with Gasteiger partial charge in [0.25, 0.3) is 5.91 Å². The molecule has 0 spiro atoms. The van der Waals surface area contributed by atoms with Crippen LogP contribution in [0.15, 0.2) is 41.0 Å². The van der Waals surface area contributed by atoms with Crippen molar-refractivity contribution in [3.05, 3.63) is 52.3 Å². The highest BCUT2D eigenvalue weighted by Gasteiger charge is 2.15. The molecule has 0 aliphatic heterocycles. The third-order valence-electron chi connectivity index (χ3n) is 3.21. The van der Waals surface area contributed by atoms with Crippen molar-refractivity contribution >= 4 is 45.0 Å². The molecular weight excluding hydrogens is 382 g/mol. The average molecular weight is 399 g/mol. The third kappa shape index (κ3) is 4.84. The molecule has 1 atom stereocenters. The number of carbonyl (C=O) groups excluding carboxylic acids is 2. The zero-order valence-corrected chi connectivity index (χ0v) is 15.1. The van der Waals surface area contributed by atoms with Gasteiger partial charge in [-0.25, -0.2) is 0 Å². The molecule has 0 saturated carbocycles. The second kappa shape index (κ2) is 7.66. The maximum absolute atomic E-state index is 12.1. The van der Waals surface area contributed by atoms with Crippen LogP contribution in [0.25, 0.3) is 0 Å². The van der Waals surface area contributed by atoms with Gasteiger partial charge in [0.2, 0.25) is 5.91 Å². The molecule has 0 fully saturated rings. The highest BCUT2D eigenvalue weighted by Crippen LogP contribution is 2.16. The molecule has 2 rings (SSSR count). The molecule has 0 saturated heterocycles. The molecular formula is C16H17BrClN3O2. The Balaban J connectivity index is 2.05. The first kappa shape index (κ1) is 17.6. The fourth-order valence-electron chi connectivity index (χ4n) is 2.10. The number of carbonyl (C=O) groups is 2. The number of anilines is 1. The lowest BCUT2D eigenvalue weighted by Crippen LogP contribution is -2.31. The van der Waals surface area contributed by atoms with E-state index < -0.39 is 5.38 Å². The summed E-state index contributed by atoms with van der Waals surface area (Å²) in [6.45, 7) is 2.07. The fraction of sp³-hybridized carbons (Fsp3) is 0.250. The molecule has 5 nitrogen and oxygen atoms in total. The number of hydrogen-bond donors (Lipinski definition) is 2. The van der Waals surface area contributed by atoms with Gasteiger partial charge in [0.15, 0.2) is 0 Å². The Morgan fingerprint density at radius 3 is 2.74 bits per heavy atom. The molecule has 2 amide bonds. The van der Waals surface area contributed by atoms with Gasteiger partial charge in [0.1, 0.15) is 11.1 Å². The molecule has 0 radical (unpaired) electrons. The highest BCUT2D eigenvalue weighted by molar-refractivity contribution is 9.10. The second-order valence-electron chi connectivity index (χ2n) is 5.20. The minimum atomic E-state index is -0.561. The van der Waals surface area contributed by atoms with E-state index >= 15 is 0 Å². The summed E-state index contributed by atoms with van der Waals surface area (Å²) < 4.78 is 0.812. The van der Waals surface area contributed by atoms with E-state index in [4.69, 9.17) is 11.6 Å². The summed E-state index contributed by atoms with van der Waals surface area (Å²) in [5.41, 5.74) is 2.03. The van der Waals surface area contributed by atoms with E-state index in [1.54, 1.807) is 37.2 Å². The summed E-state index contributed by atoms with van der Waals surface area (Å²) in [5, 5.41) is 2.26. The van der Waals surface area contributed by atoms with Crippen LogP contribution in [0.4, 0.5) is 5.69 Å². The minimum absolute atomic E-state index is 0.141. The molecule has 0 bridgehead atoms. The number of aromatic amines is 1. The van der Waals surface area contributed by atoms with Crippen molar-refractivity contribution in [1.82, 2.24) is 9.88 Å². The van der Waals surface area contributed by atoms with Gasteiger partial charge in [-0.2, -0.15) is 0 Å². The first-order valence-electron chi connectivity index (χ1n) is 7.00. The number of halogens is 2. The van der Waals surface area contributed by atoms with Gasteiger partial charge in [0, 0.05) is 29.9 Å². The van der Waals surface area contributed by atoms with Gasteiger partial charge in [0.05, 0.1) is 0 Å². The van der Waals surface area contributed by atoms with E-state index in [-0.39, 0.29) is 11.8 Å². The van der Waals surface area contributed by atoms with E-state index in [0.29, 0.717) is 17.9 Å². The van der Waals surface area contributed by atoms with E-state index in [2.05, 4.69) is 26.2 Å². The number of nitrogens with one attached hydrogen (secondary N) is 2. The van der Waals surface area contributed by atoms with Gasteiger partial charge >= 0.3 is 0 Å². The van der Waals surface area contributed by atoms with Gasteiger partial charge in [-0.1, -0.05) is 12.1 Å². The van der Waals surface area contributed by atoms with E-state index in [1.165, 1.54) is 0 Å². The van der Waals surface area contributed by atoms with Crippen molar-refractivity contribution in [1.29, 1.82) is 0 Å². The molecule has 1 aromatic carbocycles. The van der Waals surface area contributed by atoms with Crippen LogP contribution in [0.5, 0.6) is 0 Å². The first-order valence-corrected chi connectivity index (χ1v) is 8.23. The number of nitrogens with zero attached hydrogens (tertiary/aromatic N) is 1. The normalized spacial score (nSPS) is 11.8. The Bertz CT molecular complexity index is 715. The van der Waals surface area contributed by atoms with Gasteiger partial charge in [-0.3, -0.25) is 9.59 Å². The maximum atomic E-state index is 12.1. The minimum Gasteiger partial charge on any atom is -0.356 e. The molecule has 1 unspecified atom stereocenters. The molecule has 0 aliphatic rings. The largest absolute Gasteiger partial charge is 0.356 e. The van der Waals surface area contributed by atoms with Crippen LogP contribution in [-0.4, -0.2) is 34.1 Å². The predicted molar refractivity (Wildman–Crippen MR) is 94.7 cm³/mol. The van der Waals surface area contributed by atoms with E-state index in [0.717, 1.165) is 10.0 Å². The highest BCUT2D eigenvalue weighted by atomic mass is 79.9. The second-order valence-corrected chi connectivity index (χ2v) is 6.77. The zero-order valence-electron chi connectivity index (χ0n) is 12.8. The summed E-state index contributed by atoms with van der Waals surface area (Å²) >= 11 is 9.09. The molecule has 1 aromatic heterocycles. The van der Waals surface area contributed by atoms with Crippen LogP contribution in [-0.2, 0) is 11.3 Å². The fourth-order valence-corrected chi connectivity index (χ4v) is 2.61. The summed E-state index contributed by atoms with van der Waals surface area (Å²) in [6.07, 6.45) is 1.69. The Morgan fingerprint density at radius 2 is 2.13 bits per heavy atom. The topological polar surface area (TPSA) is 65.2 Å². The predicted octanol–water partition coefficient (Wildman–Crippen LogP) is 3.62. The standard InChI is InChI=1S/C16H17BrClN3O2/c1-10(18)16(23)21(2)9-11-4-3-5-13(6-11)20-15(22)14-7-12(17)8-19-14/h3-8,10,19H,9H2,1-2H3,(H,20,22). The number of rotatable bonds is 5. The average Bonchev–Trinajstić information content (AvgIpc) is 2.93. The number of H-pyrrole nitrogens is 1. The van der Waals surface area contributed by atoms with Crippen LogP contribution in [0.3, 0.4) is 0 Å². The first-order chi connectivity index (χ1) is 10.9. The van der Waals surface area contributed by atoms with Crippen LogP contribution in [0.1, 0.15) is 23.0 Å². The molecule has 2 N–H and O–H groups in total. The Kier molecular flexibility index (Phi) is 5.85. The summed E-state index contributed by atoms with van der Waals surface area (Å²) in [4.78, 5) is 28.4. The number of amides is 2. The van der Waals surface area contributed by atoms with Gasteiger partial charge < -0.3 is 15.2 Å². The molecule has 0 aliphatic carbocycles. The molecule has 1 heterocycles. The van der Waals surface area contributed by atoms with Gasteiger partial charge in [-0.05, 0) is 46.6 Å². The maximum Gasteiger partial charge on any atom is 0.272 e. The Morgan fingerprint density at radius 1 is 1.39 bits per heavy atom. The van der Waals surface area contributed by atoms with Crippen molar-refractivity contribution in [3.63, 3.8) is 0 Å². The lowest BCUT2D eigenvalue weighted by atomic mass is 10.2. The smallest absolute Gasteiger partial charge is 0.272 e. The van der Waals surface area contributed by atoms with Crippen molar-refractivity contribution in [3.8, 4) is 0 Å². The number of benzene rings is 1. The van der Waals surface area contributed by atoms with Crippen molar-refractivity contribution in [2.75, 3.05) is 12.4 Å². The summed E-state index contributed by atoms with van der Waals surface area (Å²) in [6, 6.07) is 9.05. The van der Waals surface area contributed by atoms with E-state index in [1.807, 2.05) is 18.2 Å². The monoisotopic (exact) mass is 397 g/mol. The number of aromatic nitrogens is 1. The number of hydrogen-bond acceptors (Lipinski definition) is 2. The zero-order chi connectivity index (χ0) is 17.0. The molecule has 23 heavy (non-hydrogen) atoms. The molecule has 7 heteroatoms. The third-order valence-corrected chi connectivity index (χ3v) is 3.86. The van der Waals surface area contributed by atoms with Crippen molar-refractivity contribution in [2.24, 2.45) is 0 Å². The van der Waals surface area contributed by atoms with Crippen LogP contribution in [0, 0.1) is 0 Å². The van der Waals surface area contributed by atoms with Crippen LogP contribution >= 0.6 is 27.5 Å². The number of alkyl halides is 1. The van der Waals surface area contributed by atoms with Gasteiger partial charge in [-0.15, -0.1) is 11.6 Å². The van der Waals surface area contributed by atoms with Crippen LogP contribution < -0.4 is 5.32 Å². The summed E-state index contributed by atoms with van der Waals surface area (Å²) in [7, 11) is 1.70. The Hall–Kier alpha value is -1.79. The lowest BCUT2D eigenvalue weighted by molar-refractivity contribution is -0.129. The molecule has 2 aromatic rings. The Labute approximate surface area is 148 Å². The summed E-state index contributed by atoms with van der Waals surface area (Å²) in [5.74, 6) is -0.371. The molecule has 122 valence electrons. The quantitative estimate of drug-likeness (QED) is 0.756.